The summed E-state index contributed by atoms with van der Waals surface area (Å²) in [7, 11) is 0. The summed E-state index contributed by atoms with van der Waals surface area (Å²) < 4.78 is 13.9. The normalized spacial score (nSPS) is 18.9. The van der Waals surface area contributed by atoms with Crippen molar-refractivity contribution in [3.63, 3.8) is 0 Å². The highest BCUT2D eigenvalue weighted by atomic mass is 19.1. The number of aliphatic carboxylic acids is 1. The molecule has 2 aromatic carbocycles. The van der Waals surface area contributed by atoms with Crippen molar-refractivity contribution in [2.75, 3.05) is 11.9 Å². The molecular formula is C22H23FN2O4. The van der Waals surface area contributed by atoms with Gasteiger partial charge < -0.3 is 15.3 Å². The van der Waals surface area contributed by atoms with Crippen molar-refractivity contribution in [1.29, 1.82) is 0 Å². The summed E-state index contributed by atoms with van der Waals surface area (Å²) in [5.41, 5.74) is 1.26. The van der Waals surface area contributed by atoms with Crippen molar-refractivity contribution < 1.29 is 23.9 Å². The predicted molar refractivity (Wildman–Crippen MR) is 106 cm³/mol. The largest absolute Gasteiger partial charge is 0.480 e. The van der Waals surface area contributed by atoms with Gasteiger partial charge >= 0.3 is 5.97 Å². The molecule has 2 N–H and O–H groups in total. The number of hydrogen-bond acceptors (Lipinski definition) is 3. The van der Waals surface area contributed by atoms with Crippen LogP contribution in [0, 0.1) is 18.7 Å². The summed E-state index contributed by atoms with van der Waals surface area (Å²) in [4.78, 5) is 38.4. The molecule has 2 unspecified atom stereocenters. The summed E-state index contributed by atoms with van der Waals surface area (Å²) in [6.45, 7) is 4.09. The summed E-state index contributed by atoms with van der Waals surface area (Å²) in [6, 6.07) is 9.55. The van der Waals surface area contributed by atoms with Gasteiger partial charge in [-0.05, 0) is 55.5 Å². The Kier molecular flexibility index (Phi) is 5.96. The van der Waals surface area contributed by atoms with Gasteiger partial charge in [0.2, 0.25) is 0 Å². The lowest BCUT2D eigenvalue weighted by Crippen LogP contribution is -2.49. The number of carboxylic acid groups (broad SMARTS) is 1. The number of carboxylic acids is 1. The maximum Gasteiger partial charge on any atom is 0.326 e. The highest BCUT2D eigenvalue weighted by molar-refractivity contribution is 6.06. The van der Waals surface area contributed by atoms with Crippen LogP contribution >= 0.6 is 0 Å². The molecule has 0 aromatic heterocycles. The molecule has 152 valence electrons. The standard InChI is InChI=1S/C22H23FN2O4/c1-13-9-10-25(19(11-13)22(28)29)21(27)15-8-7-14(2)18(12-15)24-20(26)16-5-3-4-6-17(16)23/h3-8,12-13,19H,9-11H2,1-2H3,(H,24,26)(H,28,29). The molecule has 0 spiro atoms. The fourth-order valence-electron chi connectivity index (χ4n) is 3.51. The minimum atomic E-state index is -1.02. The predicted octanol–water partition coefficient (Wildman–Crippen LogP) is 3.71. The number of carbonyl (C=O) groups excluding carboxylic acids is 2. The zero-order valence-electron chi connectivity index (χ0n) is 16.3. The van der Waals surface area contributed by atoms with Gasteiger partial charge in [0, 0.05) is 17.8 Å². The second kappa shape index (κ2) is 8.43. The van der Waals surface area contributed by atoms with Crippen LogP contribution in [0.4, 0.5) is 10.1 Å². The van der Waals surface area contributed by atoms with Crippen molar-refractivity contribution in [2.45, 2.75) is 32.7 Å². The maximum atomic E-state index is 13.9. The molecule has 1 aliphatic rings. The number of benzene rings is 2. The number of nitrogens with one attached hydrogen (secondary N) is 1. The van der Waals surface area contributed by atoms with Crippen LogP contribution in [-0.2, 0) is 4.79 Å². The Balaban J connectivity index is 1.85. The number of piperidine rings is 1. The maximum absolute atomic E-state index is 13.9. The SMILES string of the molecule is Cc1ccc(C(=O)N2CCC(C)CC2C(=O)O)cc1NC(=O)c1ccccc1F. The van der Waals surface area contributed by atoms with Gasteiger partial charge in [0.05, 0.1) is 5.56 Å². The zero-order valence-corrected chi connectivity index (χ0v) is 16.3. The highest BCUT2D eigenvalue weighted by Gasteiger charge is 2.35. The average Bonchev–Trinajstić information content (AvgIpc) is 2.69. The van der Waals surface area contributed by atoms with Crippen molar-refractivity contribution in [3.8, 4) is 0 Å². The Morgan fingerprint density at radius 2 is 1.90 bits per heavy atom. The quantitative estimate of drug-likeness (QED) is 0.822. The van der Waals surface area contributed by atoms with E-state index in [1.807, 2.05) is 6.92 Å². The molecule has 1 saturated heterocycles. The molecule has 2 aromatic rings. The molecule has 1 heterocycles. The van der Waals surface area contributed by atoms with Gasteiger partial charge in [-0.1, -0.05) is 25.1 Å². The molecule has 6 nitrogen and oxygen atoms in total. The highest BCUT2D eigenvalue weighted by Crippen LogP contribution is 2.26. The Labute approximate surface area is 168 Å². The topological polar surface area (TPSA) is 86.7 Å². The first-order valence-electron chi connectivity index (χ1n) is 9.48. The van der Waals surface area contributed by atoms with Crippen LogP contribution in [0.25, 0.3) is 0 Å². The molecule has 0 saturated carbocycles. The Bertz CT molecular complexity index is 960. The first-order valence-corrected chi connectivity index (χ1v) is 9.48. The van der Waals surface area contributed by atoms with Gasteiger partial charge in [-0.15, -0.1) is 0 Å². The number of hydrogen-bond donors (Lipinski definition) is 2. The van der Waals surface area contributed by atoms with Gasteiger partial charge in [0.1, 0.15) is 11.9 Å². The van der Waals surface area contributed by atoms with Crippen LogP contribution in [-0.4, -0.2) is 40.4 Å². The van der Waals surface area contributed by atoms with E-state index in [9.17, 15) is 23.9 Å². The fourth-order valence-corrected chi connectivity index (χ4v) is 3.51. The van der Waals surface area contributed by atoms with Gasteiger partial charge in [0.25, 0.3) is 11.8 Å². The molecule has 2 amide bonds. The second-order valence-electron chi connectivity index (χ2n) is 7.45. The number of likely N-dealkylation sites (tertiary alicyclic amines) is 1. The number of nitrogens with zero attached hydrogens (tertiary/aromatic N) is 1. The molecule has 3 rings (SSSR count). The fraction of sp³-hybridized carbons (Fsp3) is 0.318. The Morgan fingerprint density at radius 3 is 2.59 bits per heavy atom. The minimum absolute atomic E-state index is 0.0976. The van der Waals surface area contributed by atoms with Crippen LogP contribution in [0.2, 0.25) is 0 Å². The van der Waals surface area contributed by atoms with Crippen molar-refractivity contribution >= 4 is 23.5 Å². The molecule has 0 aliphatic carbocycles. The van der Waals surface area contributed by atoms with Gasteiger partial charge in [0.15, 0.2) is 0 Å². The molecule has 29 heavy (non-hydrogen) atoms. The number of anilines is 1. The molecule has 0 bridgehead atoms. The summed E-state index contributed by atoms with van der Waals surface area (Å²) >= 11 is 0. The Hall–Kier alpha value is -3.22. The van der Waals surface area contributed by atoms with Gasteiger partial charge in [-0.2, -0.15) is 0 Å². The van der Waals surface area contributed by atoms with E-state index < -0.39 is 29.6 Å². The third-order valence-corrected chi connectivity index (χ3v) is 5.26. The molecule has 1 aliphatic heterocycles. The van der Waals surface area contributed by atoms with E-state index in [1.54, 1.807) is 25.1 Å². The third kappa shape index (κ3) is 4.45. The smallest absolute Gasteiger partial charge is 0.326 e. The van der Waals surface area contributed by atoms with E-state index in [-0.39, 0.29) is 17.0 Å². The van der Waals surface area contributed by atoms with Crippen molar-refractivity contribution in [3.05, 3.63) is 65.0 Å². The third-order valence-electron chi connectivity index (χ3n) is 5.26. The number of rotatable bonds is 4. The van der Waals surface area contributed by atoms with E-state index >= 15 is 0 Å². The lowest BCUT2D eigenvalue weighted by Gasteiger charge is -2.36. The van der Waals surface area contributed by atoms with E-state index in [0.717, 1.165) is 6.42 Å². The van der Waals surface area contributed by atoms with Gasteiger partial charge in [-0.25, -0.2) is 9.18 Å². The van der Waals surface area contributed by atoms with E-state index in [4.69, 9.17) is 0 Å². The first kappa shape index (κ1) is 20.5. The van der Waals surface area contributed by atoms with E-state index in [1.165, 1.54) is 29.2 Å². The van der Waals surface area contributed by atoms with Crippen LogP contribution in [0.15, 0.2) is 42.5 Å². The number of carbonyl (C=O) groups is 3. The van der Waals surface area contributed by atoms with Crippen molar-refractivity contribution in [1.82, 2.24) is 4.90 Å². The summed E-state index contributed by atoms with van der Waals surface area (Å²) in [5, 5.41) is 12.1. The minimum Gasteiger partial charge on any atom is -0.480 e. The van der Waals surface area contributed by atoms with Crippen LogP contribution < -0.4 is 5.32 Å². The van der Waals surface area contributed by atoms with Gasteiger partial charge in [-0.3, -0.25) is 9.59 Å². The monoisotopic (exact) mass is 398 g/mol. The number of aryl methyl sites for hydroxylation is 1. The van der Waals surface area contributed by atoms with Crippen LogP contribution in [0.3, 0.4) is 0 Å². The molecule has 7 heteroatoms. The molecule has 2 atom stereocenters. The summed E-state index contributed by atoms with van der Waals surface area (Å²) in [5.74, 6) is -2.45. The Morgan fingerprint density at radius 1 is 1.17 bits per heavy atom. The van der Waals surface area contributed by atoms with Crippen LogP contribution in [0.1, 0.15) is 46.0 Å². The molecule has 0 radical (unpaired) electrons. The number of amides is 2. The van der Waals surface area contributed by atoms with Crippen molar-refractivity contribution in [2.24, 2.45) is 5.92 Å². The average molecular weight is 398 g/mol. The molecule has 1 fully saturated rings. The second-order valence-corrected chi connectivity index (χ2v) is 7.45. The molecular weight excluding hydrogens is 375 g/mol. The van der Waals surface area contributed by atoms with E-state index in [0.29, 0.717) is 24.2 Å². The first-order chi connectivity index (χ1) is 13.8. The van der Waals surface area contributed by atoms with Crippen LogP contribution in [0.5, 0.6) is 0 Å². The zero-order chi connectivity index (χ0) is 21.1. The number of halogens is 1. The van der Waals surface area contributed by atoms with E-state index in [2.05, 4.69) is 5.32 Å². The lowest BCUT2D eigenvalue weighted by molar-refractivity contribution is -0.144. The summed E-state index contributed by atoms with van der Waals surface area (Å²) in [6.07, 6.45) is 1.14. The lowest BCUT2D eigenvalue weighted by atomic mass is 9.91.